The first kappa shape index (κ1) is 14.8. The molecule has 0 bridgehead atoms. The van der Waals surface area contributed by atoms with Crippen LogP contribution in [0.5, 0.6) is 0 Å². The van der Waals surface area contributed by atoms with Crippen molar-refractivity contribution in [3.63, 3.8) is 0 Å². The van der Waals surface area contributed by atoms with Gasteiger partial charge in [-0.05, 0) is 26.8 Å². The SMILES string of the molecule is CC(C)(C)NC(N)=NCC(O)c1ccccc1Cl. The third-order valence-electron chi connectivity index (χ3n) is 2.20. The number of nitrogens with two attached hydrogens (primary N) is 1. The van der Waals surface area contributed by atoms with Gasteiger partial charge in [0, 0.05) is 16.1 Å². The number of guanidine groups is 1. The van der Waals surface area contributed by atoms with Gasteiger partial charge >= 0.3 is 0 Å². The fraction of sp³-hybridized carbons (Fsp3) is 0.462. The molecule has 1 aromatic rings. The summed E-state index contributed by atoms with van der Waals surface area (Å²) < 4.78 is 0. The van der Waals surface area contributed by atoms with Crippen LogP contribution < -0.4 is 11.1 Å². The van der Waals surface area contributed by atoms with E-state index in [1.54, 1.807) is 12.1 Å². The molecule has 0 aliphatic rings. The Bertz CT molecular complexity index is 426. The highest BCUT2D eigenvalue weighted by molar-refractivity contribution is 6.31. The Balaban J connectivity index is 2.64. The molecule has 0 heterocycles. The number of hydrogen-bond acceptors (Lipinski definition) is 2. The molecule has 0 spiro atoms. The fourth-order valence-electron chi connectivity index (χ4n) is 1.45. The minimum atomic E-state index is -0.751. The van der Waals surface area contributed by atoms with Crippen LogP contribution in [0, 0.1) is 0 Å². The molecule has 1 unspecified atom stereocenters. The summed E-state index contributed by atoms with van der Waals surface area (Å²) >= 11 is 5.99. The fourth-order valence-corrected chi connectivity index (χ4v) is 1.71. The smallest absolute Gasteiger partial charge is 0.189 e. The summed E-state index contributed by atoms with van der Waals surface area (Å²) in [6.07, 6.45) is -0.751. The van der Waals surface area contributed by atoms with E-state index in [1.165, 1.54) is 0 Å². The standard InChI is InChI=1S/C13H20ClN3O/c1-13(2,3)17-12(15)16-8-11(18)9-6-4-5-7-10(9)14/h4-7,11,18H,8H2,1-3H3,(H3,15,16,17). The van der Waals surface area contributed by atoms with E-state index in [0.29, 0.717) is 16.5 Å². The molecule has 5 heteroatoms. The van der Waals surface area contributed by atoms with Crippen molar-refractivity contribution in [3.8, 4) is 0 Å². The molecule has 4 N–H and O–H groups in total. The lowest BCUT2D eigenvalue weighted by molar-refractivity contribution is 0.187. The van der Waals surface area contributed by atoms with Crippen LogP contribution in [0.2, 0.25) is 5.02 Å². The van der Waals surface area contributed by atoms with Crippen LogP contribution in [0.3, 0.4) is 0 Å². The quantitative estimate of drug-likeness (QED) is 0.581. The number of nitrogens with zero attached hydrogens (tertiary/aromatic N) is 1. The van der Waals surface area contributed by atoms with Crippen molar-refractivity contribution in [2.45, 2.75) is 32.4 Å². The second-order valence-corrected chi connectivity index (χ2v) is 5.55. The first-order valence-corrected chi connectivity index (χ1v) is 6.18. The third-order valence-corrected chi connectivity index (χ3v) is 2.55. The van der Waals surface area contributed by atoms with Crippen molar-refractivity contribution in [2.24, 2.45) is 10.7 Å². The van der Waals surface area contributed by atoms with E-state index >= 15 is 0 Å². The summed E-state index contributed by atoms with van der Waals surface area (Å²) in [5.74, 6) is 0.314. The maximum atomic E-state index is 9.97. The van der Waals surface area contributed by atoms with E-state index in [0.717, 1.165) is 0 Å². The summed E-state index contributed by atoms with van der Waals surface area (Å²) in [5.41, 5.74) is 6.23. The van der Waals surface area contributed by atoms with Crippen LogP contribution in [-0.4, -0.2) is 23.1 Å². The first-order valence-electron chi connectivity index (χ1n) is 5.80. The maximum Gasteiger partial charge on any atom is 0.189 e. The number of rotatable bonds is 3. The zero-order valence-corrected chi connectivity index (χ0v) is 11.7. The van der Waals surface area contributed by atoms with Crippen LogP contribution in [0.15, 0.2) is 29.3 Å². The van der Waals surface area contributed by atoms with E-state index in [4.69, 9.17) is 17.3 Å². The van der Waals surface area contributed by atoms with Crippen LogP contribution in [-0.2, 0) is 0 Å². The van der Waals surface area contributed by atoms with Crippen LogP contribution >= 0.6 is 11.6 Å². The van der Waals surface area contributed by atoms with Crippen molar-refractivity contribution < 1.29 is 5.11 Å². The average Bonchev–Trinajstić information content (AvgIpc) is 2.24. The van der Waals surface area contributed by atoms with Gasteiger partial charge in [0.25, 0.3) is 0 Å². The summed E-state index contributed by atoms with van der Waals surface area (Å²) in [7, 11) is 0. The van der Waals surface area contributed by atoms with E-state index in [2.05, 4.69) is 10.3 Å². The van der Waals surface area contributed by atoms with Gasteiger partial charge < -0.3 is 16.2 Å². The number of nitrogens with one attached hydrogen (secondary N) is 1. The molecular weight excluding hydrogens is 250 g/mol. The lowest BCUT2D eigenvalue weighted by Crippen LogP contribution is -2.45. The molecule has 0 aliphatic carbocycles. The van der Waals surface area contributed by atoms with E-state index in [9.17, 15) is 5.11 Å². The number of aliphatic hydroxyl groups is 1. The highest BCUT2D eigenvalue weighted by Gasteiger charge is 2.12. The predicted molar refractivity (Wildman–Crippen MR) is 75.8 cm³/mol. The van der Waals surface area contributed by atoms with Crippen molar-refractivity contribution in [1.29, 1.82) is 0 Å². The normalized spacial score (nSPS) is 14.4. The lowest BCUT2D eigenvalue weighted by Gasteiger charge is -2.21. The zero-order valence-electron chi connectivity index (χ0n) is 10.9. The second-order valence-electron chi connectivity index (χ2n) is 5.14. The lowest BCUT2D eigenvalue weighted by atomic mass is 10.1. The van der Waals surface area contributed by atoms with Crippen molar-refractivity contribution in [1.82, 2.24) is 5.32 Å². The number of aliphatic hydroxyl groups excluding tert-OH is 1. The number of hydrogen-bond donors (Lipinski definition) is 3. The Morgan fingerprint density at radius 2 is 2.06 bits per heavy atom. The van der Waals surface area contributed by atoms with Crippen molar-refractivity contribution in [3.05, 3.63) is 34.9 Å². The van der Waals surface area contributed by atoms with Crippen LogP contribution in [0.25, 0.3) is 0 Å². The van der Waals surface area contributed by atoms with Gasteiger partial charge in [-0.1, -0.05) is 29.8 Å². The Morgan fingerprint density at radius 1 is 1.44 bits per heavy atom. The Morgan fingerprint density at radius 3 is 2.61 bits per heavy atom. The molecule has 0 saturated heterocycles. The highest BCUT2D eigenvalue weighted by Crippen LogP contribution is 2.22. The Kier molecular flexibility index (Phi) is 4.99. The summed E-state index contributed by atoms with van der Waals surface area (Å²) in [4.78, 5) is 4.10. The van der Waals surface area contributed by atoms with Gasteiger partial charge in [0.2, 0.25) is 0 Å². The molecule has 0 saturated carbocycles. The zero-order chi connectivity index (χ0) is 13.8. The molecule has 1 aromatic carbocycles. The molecule has 0 aromatic heterocycles. The minimum absolute atomic E-state index is 0.150. The molecular formula is C13H20ClN3O. The van der Waals surface area contributed by atoms with E-state index in [-0.39, 0.29) is 12.1 Å². The Labute approximate surface area is 113 Å². The molecule has 1 atom stereocenters. The van der Waals surface area contributed by atoms with Gasteiger partial charge in [-0.2, -0.15) is 0 Å². The molecule has 4 nitrogen and oxygen atoms in total. The molecule has 0 fully saturated rings. The van der Waals surface area contributed by atoms with Gasteiger partial charge in [-0.3, -0.25) is 4.99 Å². The predicted octanol–water partition coefficient (Wildman–Crippen LogP) is 2.08. The topological polar surface area (TPSA) is 70.6 Å². The number of halogens is 1. The van der Waals surface area contributed by atoms with E-state index < -0.39 is 6.10 Å². The highest BCUT2D eigenvalue weighted by atomic mass is 35.5. The Hall–Kier alpha value is -1.26. The van der Waals surface area contributed by atoms with Gasteiger partial charge in [0.1, 0.15) is 6.10 Å². The molecule has 0 aliphatic heterocycles. The third kappa shape index (κ3) is 4.94. The van der Waals surface area contributed by atoms with Gasteiger partial charge in [-0.25, -0.2) is 0 Å². The second kappa shape index (κ2) is 6.07. The summed E-state index contributed by atoms with van der Waals surface area (Å²) in [6.45, 7) is 6.14. The summed E-state index contributed by atoms with van der Waals surface area (Å²) in [5, 5.41) is 13.5. The molecule has 0 amide bonds. The van der Waals surface area contributed by atoms with Gasteiger partial charge in [-0.15, -0.1) is 0 Å². The average molecular weight is 270 g/mol. The maximum absolute atomic E-state index is 9.97. The molecule has 100 valence electrons. The van der Waals surface area contributed by atoms with Crippen molar-refractivity contribution in [2.75, 3.05) is 6.54 Å². The largest absolute Gasteiger partial charge is 0.386 e. The first-order chi connectivity index (χ1) is 8.29. The molecule has 18 heavy (non-hydrogen) atoms. The monoisotopic (exact) mass is 269 g/mol. The van der Waals surface area contributed by atoms with Gasteiger partial charge in [0.15, 0.2) is 5.96 Å². The number of aliphatic imine (C=N–C) groups is 1. The van der Waals surface area contributed by atoms with Crippen LogP contribution in [0.4, 0.5) is 0 Å². The van der Waals surface area contributed by atoms with Crippen LogP contribution in [0.1, 0.15) is 32.4 Å². The molecule has 0 radical (unpaired) electrons. The summed E-state index contributed by atoms with van der Waals surface area (Å²) in [6, 6.07) is 7.15. The minimum Gasteiger partial charge on any atom is -0.386 e. The number of benzene rings is 1. The van der Waals surface area contributed by atoms with Crippen molar-refractivity contribution >= 4 is 17.6 Å². The molecule has 1 rings (SSSR count). The van der Waals surface area contributed by atoms with Gasteiger partial charge in [0.05, 0.1) is 6.54 Å². The van der Waals surface area contributed by atoms with E-state index in [1.807, 2.05) is 32.9 Å².